The van der Waals surface area contributed by atoms with Crippen LogP contribution in [-0.4, -0.2) is 32.5 Å². The molecule has 0 aromatic carbocycles. The SMILES string of the molecule is COCCn1c(S(=O)Cc2ncc(Cl)cc2Cl)nc(C)c1C. The summed E-state index contributed by atoms with van der Waals surface area (Å²) in [5.74, 6) is 0.193. The predicted octanol–water partition coefficient (Wildman–Crippen LogP) is 3.16. The summed E-state index contributed by atoms with van der Waals surface area (Å²) in [6, 6.07) is 1.59. The third kappa shape index (κ3) is 3.87. The van der Waals surface area contributed by atoms with E-state index in [1.165, 1.54) is 6.20 Å². The fraction of sp³-hybridized carbons (Fsp3) is 0.429. The van der Waals surface area contributed by atoms with E-state index in [1.807, 2.05) is 18.4 Å². The van der Waals surface area contributed by atoms with Gasteiger partial charge in [0.25, 0.3) is 0 Å². The Morgan fingerprint density at radius 3 is 2.73 bits per heavy atom. The Morgan fingerprint density at radius 1 is 1.36 bits per heavy atom. The summed E-state index contributed by atoms with van der Waals surface area (Å²) in [5.41, 5.74) is 2.38. The maximum Gasteiger partial charge on any atom is 0.199 e. The molecule has 0 amide bonds. The van der Waals surface area contributed by atoms with Crippen molar-refractivity contribution >= 4 is 34.0 Å². The third-order valence-corrected chi connectivity index (χ3v) is 5.09. The average Bonchev–Trinajstić information content (AvgIpc) is 2.75. The fourth-order valence-electron chi connectivity index (χ4n) is 1.98. The Balaban J connectivity index is 2.27. The van der Waals surface area contributed by atoms with Gasteiger partial charge in [0.05, 0.1) is 44.6 Å². The summed E-state index contributed by atoms with van der Waals surface area (Å²) >= 11 is 11.9. The first-order valence-electron chi connectivity index (χ1n) is 6.65. The van der Waals surface area contributed by atoms with Crippen molar-refractivity contribution in [3.05, 3.63) is 39.4 Å². The number of hydrogen-bond acceptors (Lipinski definition) is 4. The van der Waals surface area contributed by atoms with Crippen molar-refractivity contribution in [2.45, 2.75) is 31.3 Å². The van der Waals surface area contributed by atoms with Crippen molar-refractivity contribution in [2.24, 2.45) is 0 Å². The van der Waals surface area contributed by atoms with E-state index in [9.17, 15) is 4.21 Å². The van der Waals surface area contributed by atoms with Gasteiger partial charge in [-0.3, -0.25) is 9.19 Å². The fourth-order valence-corrected chi connectivity index (χ4v) is 3.83. The lowest BCUT2D eigenvalue weighted by Crippen LogP contribution is -2.12. The van der Waals surface area contributed by atoms with Crippen molar-refractivity contribution in [3.8, 4) is 0 Å². The van der Waals surface area contributed by atoms with Crippen LogP contribution in [0.5, 0.6) is 0 Å². The maximum atomic E-state index is 12.7. The lowest BCUT2D eigenvalue weighted by Gasteiger charge is -2.09. The van der Waals surface area contributed by atoms with Gasteiger partial charge >= 0.3 is 0 Å². The molecule has 0 spiro atoms. The minimum atomic E-state index is -1.35. The second-order valence-electron chi connectivity index (χ2n) is 4.78. The number of aryl methyl sites for hydroxylation is 1. The van der Waals surface area contributed by atoms with Crippen molar-refractivity contribution in [1.29, 1.82) is 0 Å². The van der Waals surface area contributed by atoms with Crippen molar-refractivity contribution < 1.29 is 8.95 Å². The largest absolute Gasteiger partial charge is 0.383 e. The zero-order valence-corrected chi connectivity index (χ0v) is 14.9. The summed E-state index contributed by atoms with van der Waals surface area (Å²) in [4.78, 5) is 8.56. The van der Waals surface area contributed by atoms with Crippen LogP contribution < -0.4 is 0 Å². The molecule has 0 bridgehead atoms. The molecule has 1 unspecified atom stereocenters. The molecular weight excluding hydrogens is 345 g/mol. The van der Waals surface area contributed by atoms with Crippen LogP contribution >= 0.6 is 23.2 Å². The smallest absolute Gasteiger partial charge is 0.199 e. The molecule has 5 nitrogen and oxygen atoms in total. The first-order chi connectivity index (χ1) is 10.4. The molecule has 0 aliphatic heterocycles. The highest BCUT2D eigenvalue weighted by atomic mass is 35.5. The van der Waals surface area contributed by atoms with Crippen molar-refractivity contribution in [3.63, 3.8) is 0 Å². The molecule has 2 heterocycles. The van der Waals surface area contributed by atoms with Crippen molar-refractivity contribution in [2.75, 3.05) is 13.7 Å². The first kappa shape index (κ1) is 17.4. The van der Waals surface area contributed by atoms with Crippen LogP contribution in [-0.2, 0) is 27.8 Å². The second-order valence-corrected chi connectivity index (χ2v) is 6.97. The predicted molar refractivity (Wildman–Crippen MR) is 87.9 cm³/mol. The van der Waals surface area contributed by atoms with E-state index < -0.39 is 10.8 Å². The van der Waals surface area contributed by atoms with E-state index in [0.717, 1.165) is 11.4 Å². The van der Waals surface area contributed by atoms with Crippen LogP contribution in [0.15, 0.2) is 17.4 Å². The van der Waals surface area contributed by atoms with Gasteiger partial charge in [-0.25, -0.2) is 4.98 Å². The molecule has 22 heavy (non-hydrogen) atoms. The molecule has 0 saturated carbocycles. The summed E-state index contributed by atoms with van der Waals surface area (Å²) in [7, 11) is 0.283. The zero-order chi connectivity index (χ0) is 16.3. The molecular formula is C14H17Cl2N3O2S. The van der Waals surface area contributed by atoms with Crippen LogP contribution in [0, 0.1) is 13.8 Å². The van der Waals surface area contributed by atoms with E-state index >= 15 is 0 Å². The molecule has 1 atom stereocenters. The van der Waals surface area contributed by atoms with E-state index in [-0.39, 0.29) is 5.75 Å². The van der Waals surface area contributed by atoms with Gasteiger partial charge in [0.1, 0.15) is 0 Å². The standard InChI is InChI=1S/C14H17Cl2N3O2S/c1-9-10(2)19(4-5-21-3)14(18-9)22(20)8-13-12(16)6-11(15)7-17-13/h6-7H,4-5,8H2,1-3H3. The number of pyridine rings is 1. The normalized spacial score (nSPS) is 12.6. The summed E-state index contributed by atoms with van der Waals surface area (Å²) in [5, 5.41) is 1.37. The summed E-state index contributed by atoms with van der Waals surface area (Å²) in [6.45, 7) is 4.98. The zero-order valence-electron chi connectivity index (χ0n) is 12.6. The Morgan fingerprint density at radius 2 is 2.09 bits per heavy atom. The highest BCUT2D eigenvalue weighted by Gasteiger charge is 2.18. The van der Waals surface area contributed by atoms with Gasteiger partial charge in [-0.15, -0.1) is 0 Å². The lowest BCUT2D eigenvalue weighted by atomic mass is 10.4. The molecule has 2 rings (SSSR count). The Hall–Kier alpha value is -0.950. The Labute approximate surface area is 142 Å². The van der Waals surface area contributed by atoms with Gasteiger partial charge in [-0.2, -0.15) is 0 Å². The number of halogens is 2. The number of hydrogen-bond donors (Lipinski definition) is 0. The Bertz CT molecular complexity index is 704. The number of ether oxygens (including phenoxy) is 1. The van der Waals surface area contributed by atoms with Gasteiger partial charge < -0.3 is 9.30 Å². The highest BCUT2D eigenvalue weighted by molar-refractivity contribution is 7.84. The minimum Gasteiger partial charge on any atom is -0.383 e. The van der Waals surface area contributed by atoms with E-state index in [4.69, 9.17) is 27.9 Å². The lowest BCUT2D eigenvalue weighted by molar-refractivity contribution is 0.184. The van der Waals surface area contributed by atoms with Gasteiger partial charge in [0, 0.05) is 25.5 Å². The molecule has 0 fully saturated rings. The van der Waals surface area contributed by atoms with E-state index in [1.54, 1.807) is 13.2 Å². The molecule has 2 aromatic heterocycles. The summed E-state index contributed by atoms with van der Waals surface area (Å²) < 4.78 is 19.7. The maximum absolute atomic E-state index is 12.7. The molecule has 0 saturated heterocycles. The molecule has 0 N–H and O–H groups in total. The van der Waals surface area contributed by atoms with Gasteiger partial charge in [0.15, 0.2) is 5.16 Å². The van der Waals surface area contributed by atoms with Crippen LogP contribution in [0.25, 0.3) is 0 Å². The van der Waals surface area contributed by atoms with Crippen LogP contribution in [0.2, 0.25) is 10.0 Å². The van der Waals surface area contributed by atoms with Crippen LogP contribution in [0.1, 0.15) is 17.1 Å². The van der Waals surface area contributed by atoms with Crippen LogP contribution in [0.4, 0.5) is 0 Å². The van der Waals surface area contributed by atoms with Crippen molar-refractivity contribution in [1.82, 2.24) is 14.5 Å². The minimum absolute atomic E-state index is 0.193. The van der Waals surface area contributed by atoms with Gasteiger partial charge in [-0.05, 0) is 19.9 Å². The molecule has 8 heteroatoms. The molecule has 0 aliphatic rings. The first-order valence-corrected chi connectivity index (χ1v) is 8.72. The highest BCUT2D eigenvalue weighted by Crippen LogP contribution is 2.22. The molecule has 0 aliphatic carbocycles. The monoisotopic (exact) mass is 361 g/mol. The van der Waals surface area contributed by atoms with Gasteiger partial charge in [0.2, 0.25) is 0 Å². The van der Waals surface area contributed by atoms with E-state index in [2.05, 4.69) is 9.97 Å². The second kappa shape index (κ2) is 7.55. The third-order valence-electron chi connectivity index (χ3n) is 3.30. The van der Waals surface area contributed by atoms with Gasteiger partial charge in [-0.1, -0.05) is 23.2 Å². The number of aromatic nitrogens is 3. The Kier molecular flexibility index (Phi) is 5.97. The quantitative estimate of drug-likeness (QED) is 0.792. The number of methoxy groups -OCH3 is 1. The summed E-state index contributed by atoms with van der Waals surface area (Å²) in [6.07, 6.45) is 1.49. The molecule has 0 radical (unpaired) electrons. The van der Waals surface area contributed by atoms with Crippen LogP contribution in [0.3, 0.4) is 0 Å². The average molecular weight is 362 g/mol. The van der Waals surface area contributed by atoms with E-state index in [0.29, 0.717) is 34.0 Å². The molecule has 120 valence electrons. The number of imidazole rings is 1. The topological polar surface area (TPSA) is 57.0 Å². The number of nitrogens with zero attached hydrogens (tertiary/aromatic N) is 3. The number of rotatable bonds is 6. The molecule has 2 aromatic rings.